The van der Waals surface area contributed by atoms with Crippen molar-refractivity contribution in [1.82, 2.24) is 0 Å². The summed E-state index contributed by atoms with van der Waals surface area (Å²) in [6, 6.07) is 44.3. The Morgan fingerprint density at radius 2 is 1.29 bits per heavy atom. The smallest absolute Gasteiger partial charge is 0.319 e. The highest BCUT2D eigenvalue weighted by Gasteiger charge is 2.34. The molecule has 206 valence electrons. The predicted molar refractivity (Wildman–Crippen MR) is 167 cm³/mol. The second-order valence-corrected chi connectivity index (χ2v) is 10.1. The second-order valence-electron chi connectivity index (χ2n) is 9.70. The first-order chi connectivity index (χ1) is 20.6. The Bertz CT molecular complexity index is 1670. The summed E-state index contributed by atoms with van der Waals surface area (Å²) >= 11 is 6.01. The molecule has 0 aliphatic heterocycles. The molecule has 4 nitrogen and oxygen atoms in total. The van der Waals surface area contributed by atoms with Crippen molar-refractivity contribution in [2.45, 2.75) is 11.8 Å². The molecule has 0 fully saturated rings. The van der Waals surface area contributed by atoms with Gasteiger partial charge in [0, 0.05) is 10.9 Å². The van der Waals surface area contributed by atoms with Crippen LogP contribution in [0.5, 0.6) is 11.5 Å². The monoisotopic (exact) mass is 569 g/mol. The van der Waals surface area contributed by atoms with E-state index in [1.165, 1.54) is 7.11 Å². The van der Waals surface area contributed by atoms with Crippen LogP contribution in [0.1, 0.15) is 39.7 Å². The van der Waals surface area contributed by atoms with Crippen LogP contribution >= 0.6 is 11.6 Å². The minimum Gasteiger partial charge on any atom is -0.493 e. The highest BCUT2D eigenvalue weighted by atomic mass is 35.5. The fraction of sp³-hybridized carbons (Fsp3) is 0.0811. The molecule has 5 aromatic carbocycles. The van der Waals surface area contributed by atoms with Crippen molar-refractivity contribution in [3.05, 3.63) is 166 Å². The van der Waals surface area contributed by atoms with Crippen molar-refractivity contribution in [1.29, 1.82) is 5.26 Å². The summed E-state index contributed by atoms with van der Waals surface area (Å²) in [5.41, 5.74) is 4.80. The molecule has 0 aliphatic carbocycles. The summed E-state index contributed by atoms with van der Waals surface area (Å²) in [6.07, 6.45) is 1.75. The number of halogens is 1. The maximum Gasteiger partial charge on any atom is 0.319 e. The Kier molecular flexibility index (Phi) is 9.13. The Balaban J connectivity index is 1.51. The third kappa shape index (κ3) is 6.61. The van der Waals surface area contributed by atoms with Crippen LogP contribution < -0.4 is 9.47 Å². The lowest BCUT2D eigenvalue weighted by Crippen LogP contribution is -2.26. The van der Waals surface area contributed by atoms with Crippen LogP contribution in [0, 0.1) is 11.3 Å². The standard InChI is InChI=1S/C37H28ClNO3/c1-41-34-24-26(23-31(25-39)27-18-20-32(38)21-19-27)17-22-33(34)42-37(40)36(30-15-9-4-10-16-30)35(28-11-5-2-6-12-28)29-13-7-3-8-14-29/h2-24,35-36H,1H3/b31-23+. The Morgan fingerprint density at radius 3 is 1.81 bits per heavy atom. The maximum atomic E-state index is 14.1. The van der Waals surface area contributed by atoms with Gasteiger partial charge in [-0.15, -0.1) is 0 Å². The van der Waals surface area contributed by atoms with E-state index in [0.29, 0.717) is 22.1 Å². The van der Waals surface area contributed by atoms with E-state index in [4.69, 9.17) is 21.1 Å². The Morgan fingerprint density at radius 1 is 0.738 bits per heavy atom. The van der Waals surface area contributed by atoms with Crippen molar-refractivity contribution in [2.75, 3.05) is 7.11 Å². The summed E-state index contributed by atoms with van der Waals surface area (Å²) in [4.78, 5) is 14.1. The van der Waals surface area contributed by atoms with E-state index in [2.05, 4.69) is 6.07 Å². The van der Waals surface area contributed by atoms with Crippen LogP contribution in [0.3, 0.4) is 0 Å². The van der Waals surface area contributed by atoms with Crippen LogP contribution in [-0.4, -0.2) is 13.1 Å². The minimum atomic E-state index is -0.629. The number of hydrogen-bond donors (Lipinski definition) is 0. The van der Waals surface area contributed by atoms with Crippen molar-refractivity contribution < 1.29 is 14.3 Å². The number of nitriles is 1. The van der Waals surface area contributed by atoms with Crippen molar-refractivity contribution in [2.24, 2.45) is 0 Å². The van der Waals surface area contributed by atoms with Gasteiger partial charge in [0.15, 0.2) is 11.5 Å². The number of carbonyl (C=O) groups is 1. The first kappa shape index (κ1) is 28.4. The highest BCUT2D eigenvalue weighted by Crippen LogP contribution is 2.40. The van der Waals surface area contributed by atoms with Crippen LogP contribution in [-0.2, 0) is 4.79 Å². The quantitative estimate of drug-likeness (QED) is 0.0769. The summed E-state index contributed by atoms with van der Waals surface area (Å²) < 4.78 is 11.7. The summed E-state index contributed by atoms with van der Waals surface area (Å²) in [5.74, 6) is -0.637. The van der Waals surface area contributed by atoms with E-state index in [0.717, 1.165) is 27.8 Å². The van der Waals surface area contributed by atoms with Crippen molar-refractivity contribution >= 4 is 29.2 Å². The molecule has 5 aromatic rings. The molecule has 0 amide bonds. The summed E-state index contributed by atoms with van der Waals surface area (Å²) in [6.45, 7) is 0. The van der Waals surface area contributed by atoms with E-state index in [1.54, 1.807) is 48.5 Å². The maximum absolute atomic E-state index is 14.1. The number of nitrogens with zero attached hydrogens (tertiary/aromatic N) is 1. The molecule has 0 aromatic heterocycles. The average Bonchev–Trinajstić information content (AvgIpc) is 3.04. The van der Waals surface area contributed by atoms with E-state index in [9.17, 15) is 10.1 Å². The minimum absolute atomic E-state index is 0.284. The molecular weight excluding hydrogens is 542 g/mol. The van der Waals surface area contributed by atoms with Gasteiger partial charge < -0.3 is 9.47 Å². The van der Waals surface area contributed by atoms with Gasteiger partial charge in [-0.25, -0.2) is 0 Å². The molecular formula is C37H28ClNO3. The molecule has 0 saturated heterocycles. The predicted octanol–water partition coefficient (Wildman–Crippen LogP) is 8.93. The van der Waals surface area contributed by atoms with E-state index in [-0.39, 0.29) is 5.92 Å². The van der Waals surface area contributed by atoms with E-state index in [1.807, 2.05) is 91.0 Å². The van der Waals surface area contributed by atoms with Gasteiger partial charge >= 0.3 is 5.97 Å². The third-order valence-electron chi connectivity index (χ3n) is 7.05. The Hall–Kier alpha value is -5.11. The zero-order valence-corrected chi connectivity index (χ0v) is 23.7. The van der Waals surface area contributed by atoms with E-state index >= 15 is 0 Å². The number of esters is 1. The number of benzene rings is 5. The molecule has 0 radical (unpaired) electrons. The number of allylic oxidation sites excluding steroid dienone is 1. The number of ether oxygens (including phenoxy) is 2. The molecule has 0 N–H and O–H groups in total. The largest absolute Gasteiger partial charge is 0.493 e. The lowest BCUT2D eigenvalue weighted by atomic mass is 9.77. The molecule has 1 atom stereocenters. The van der Waals surface area contributed by atoms with Crippen LogP contribution in [0.2, 0.25) is 5.02 Å². The topological polar surface area (TPSA) is 59.3 Å². The van der Waals surface area contributed by atoms with Gasteiger partial charge in [-0.1, -0.05) is 121 Å². The first-order valence-corrected chi connectivity index (χ1v) is 13.9. The molecule has 0 aliphatic rings. The highest BCUT2D eigenvalue weighted by molar-refractivity contribution is 6.30. The lowest BCUT2D eigenvalue weighted by Gasteiger charge is -2.27. The van der Waals surface area contributed by atoms with Gasteiger partial charge in [0.2, 0.25) is 0 Å². The summed E-state index contributed by atoms with van der Waals surface area (Å²) in [5, 5.41) is 10.4. The first-order valence-electron chi connectivity index (χ1n) is 13.5. The van der Waals surface area contributed by atoms with Crippen LogP contribution in [0.15, 0.2) is 133 Å². The van der Waals surface area contributed by atoms with Gasteiger partial charge in [-0.3, -0.25) is 4.79 Å². The van der Waals surface area contributed by atoms with E-state index < -0.39 is 11.9 Å². The second kappa shape index (κ2) is 13.5. The molecule has 5 rings (SSSR count). The van der Waals surface area contributed by atoms with Gasteiger partial charge in [0.05, 0.1) is 24.7 Å². The van der Waals surface area contributed by atoms with Gasteiger partial charge in [0.25, 0.3) is 0 Å². The molecule has 0 spiro atoms. The molecule has 0 heterocycles. The zero-order valence-electron chi connectivity index (χ0n) is 23.0. The number of rotatable bonds is 9. The van der Waals surface area contributed by atoms with Crippen molar-refractivity contribution in [3.8, 4) is 17.6 Å². The molecule has 0 bridgehead atoms. The van der Waals surface area contributed by atoms with Gasteiger partial charge in [-0.2, -0.15) is 5.26 Å². The Labute approximate surface area is 251 Å². The lowest BCUT2D eigenvalue weighted by molar-refractivity contribution is -0.136. The van der Waals surface area contributed by atoms with Crippen LogP contribution in [0.4, 0.5) is 0 Å². The molecule has 42 heavy (non-hydrogen) atoms. The molecule has 5 heteroatoms. The molecule has 0 saturated carbocycles. The fourth-order valence-corrected chi connectivity index (χ4v) is 5.16. The summed E-state index contributed by atoms with van der Waals surface area (Å²) in [7, 11) is 1.52. The molecule has 1 unspecified atom stereocenters. The number of hydrogen-bond acceptors (Lipinski definition) is 4. The van der Waals surface area contributed by atoms with Crippen molar-refractivity contribution in [3.63, 3.8) is 0 Å². The SMILES string of the molecule is COc1cc(/C=C(\C#N)c2ccc(Cl)cc2)ccc1OC(=O)C(c1ccccc1)C(c1ccccc1)c1ccccc1. The van der Waals surface area contributed by atoms with Gasteiger partial charge in [-0.05, 0) is 58.2 Å². The van der Waals surface area contributed by atoms with Crippen LogP contribution in [0.25, 0.3) is 11.6 Å². The fourth-order valence-electron chi connectivity index (χ4n) is 5.03. The normalized spacial score (nSPS) is 11.9. The number of methoxy groups -OCH3 is 1. The third-order valence-corrected chi connectivity index (χ3v) is 7.30. The average molecular weight is 570 g/mol. The zero-order chi connectivity index (χ0) is 29.3. The van der Waals surface area contributed by atoms with Gasteiger partial charge in [0.1, 0.15) is 0 Å². The number of carbonyl (C=O) groups excluding carboxylic acids is 1.